The van der Waals surface area contributed by atoms with Crippen LogP contribution in [0.15, 0.2) is 89.7 Å². The molecule has 0 radical (unpaired) electrons. The Kier molecular flexibility index (Phi) is 8.89. The van der Waals surface area contributed by atoms with Crippen LogP contribution in [0.5, 0.6) is 17.4 Å². The normalized spacial score (nSPS) is 13.9. The number of aryl methyl sites for hydroxylation is 1. The van der Waals surface area contributed by atoms with E-state index in [1.54, 1.807) is 30.3 Å². The summed E-state index contributed by atoms with van der Waals surface area (Å²) in [6, 6.07) is 19.8. The second-order valence-corrected chi connectivity index (χ2v) is 11.7. The van der Waals surface area contributed by atoms with Crippen molar-refractivity contribution in [1.29, 1.82) is 0 Å². The Labute approximate surface area is 282 Å². The van der Waals surface area contributed by atoms with Gasteiger partial charge in [-0.25, -0.2) is 14.4 Å². The Balaban J connectivity index is 0.952. The third-order valence-corrected chi connectivity index (χ3v) is 8.21. The lowest BCUT2D eigenvalue weighted by molar-refractivity contribution is -0.153. The van der Waals surface area contributed by atoms with E-state index in [1.165, 1.54) is 36.7 Å². The monoisotopic (exact) mass is 687 g/mol. The zero-order valence-corrected chi connectivity index (χ0v) is 26.6. The highest BCUT2D eigenvalue weighted by atomic mass is 19.4. The topological polar surface area (TPSA) is 112 Å². The minimum Gasteiger partial charge on any atom is -0.484 e. The van der Waals surface area contributed by atoms with Gasteiger partial charge in [0, 0.05) is 56.8 Å². The Morgan fingerprint density at radius 2 is 1.70 bits per heavy atom. The van der Waals surface area contributed by atoms with Crippen LogP contribution in [0.25, 0.3) is 33.9 Å². The van der Waals surface area contributed by atoms with Crippen molar-refractivity contribution in [3.8, 4) is 40.4 Å². The highest BCUT2D eigenvalue weighted by Gasteiger charge is 2.28. The van der Waals surface area contributed by atoms with Gasteiger partial charge in [0.05, 0.1) is 17.9 Å². The standard InChI is InChI=1S/C35H29F4N7O4/c1-44-29-17-27(49-31-19-40-28(18-41-31)33-42-32(43-50-33)24-3-2-4-25(36)15-24)10-7-23(29)16-30(44)34(47)46-13-11-45(12-14-46)20-22-5-8-26(9-6-22)48-21-35(37,38)39/h2-10,15-19H,11-14,20-21H2,1H3. The van der Waals surface area contributed by atoms with E-state index in [0.717, 1.165) is 16.5 Å². The summed E-state index contributed by atoms with van der Waals surface area (Å²) in [5.41, 5.74) is 3.08. The van der Waals surface area contributed by atoms with E-state index in [0.29, 0.717) is 55.4 Å². The number of carbonyl (C=O) groups excluding carboxylic acids is 1. The molecule has 0 N–H and O–H groups in total. The van der Waals surface area contributed by atoms with Gasteiger partial charge in [0.25, 0.3) is 11.8 Å². The van der Waals surface area contributed by atoms with E-state index in [2.05, 4.69) is 25.0 Å². The fourth-order valence-corrected chi connectivity index (χ4v) is 5.64. The first-order chi connectivity index (χ1) is 24.1. The van der Waals surface area contributed by atoms with Crippen LogP contribution in [0.4, 0.5) is 17.6 Å². The van der Waals surface area contributed by atoms with Gasteiger partial charge in [-0.3, -0.25) is 9.69 Å². The number of piperazine rings is 1. The van der Waals surface area contributed by atoms with Crippen molar-refractivity contribution >= 4 is 16.8 Å². The molecule has 0 saturated carbocycles. The Morgan fingerprint density at radius 3 is 2.42 bits per heavy atom. The maximum atomic E-state index is 13.6. The van der Waals surface area contributed by atoms with Crippen LogP contribution < -0.4 is 9.47 Å². The minimum atomic E-state index is -4.39. The van der Waals surface area contributed by atoms with Crippen LogP contribution in [0.2, 0.25) is 0 Å². The molecule has 11 nitrogen and oxygen atoms in total. The number of benzene rings is 3. The summed E-state index contributed by atoms with van der Waals surface area (Å²) in [6.45, 7) is 1.66. The summed E-state index contributed by atoms with van der Waals surface area (Å²) in [7, 11) is 1.83. The number of amides is 1. The second-order valence-electron chi connectivity index (χ2n) is 11.7. The molecule has 0 bridgehead atoms. The molecule has 3 aromatic heterocycles. The maximum absolute atomic E-state index is 13.6. The van der Waals surface area contributed by atoms with Crippen molar-refractivity contribution in [2.24, 2.45) is 7.05 Å². The minimum absolute atomic E-state index is 0.0833. The van der Waals surface area contributed by atoms with Crippen molar-refractivity contribution < 1.29 is 36.4 Å². The quantitative estimate of drug-likeness (QED) is 0.157. The predicted molar refractivity (Wildman–Crippen MR) is 173 cm³/mol. The number of halogens is 4. The summed E-state index contributed by atoms with van der Waals surface area (Å²) in [6.07, 6.45) is -1.53. The number of nitrogens with zero attached hydrogens (tertiary/aromatic N) is 7. The molecule has 6 aromatic rings. The van der Waals surface area contributed by atoms with Gasteiger partial charge in [0.15, 0.2) is 6.61 Å². The number of carbonyl (C=O) groups is 1. The van der Waals surface area contributed by atoms with Gasteiger partial charge in [-0.05, 0) is 48.0 Å². The Morgan fingerprint density at radius 1 is 0.920 bits per heavy atom. The summed E-state index contributed by atoms with van der Waals surface area (Å²) < 4.78 is 68.6. The van der Waals surface area contributed by atoms with Gasteiger partial charge < -0.3 is 23.5 Å². The zero-order chi connectivity index (χ0) is 34.8. The fourth-order valence-electron chi connectivity index (χ4n) is 5.64. The van der Waals surface area contributed by atoms with Crippen molar-refractivity contribution in [2.75, 3.05) is 32.8 Å². The summed E-state index contributed by atoms with van der Waals surface area (Å²) in [5.74, 6) is 0.745. The molecular formula is C35H29F4N7O4. The number of hydrogen-bond acceptors (Lipinski definition) is 9. The molecule has 15 heteroatoms. The molecule has 0 spiro atoms. The summed E-state index contributed by atoms with van der Waals surface area (Å²) in [4.78, 5) is 30.5. The number of aromatic nitrogens is 5. The van der Waals surface area contributed by atoms with Gasteiger partial charge in [-0.2, -0.15) is 18.2 Å². The summed E-state index contributed by atoms with van der Waals surface area (Å²) >= 11 is 0. The fraction of sp³-hybridized carbons (Fsp3) is 0.229. The number of ether oxygens (including phenoxy) is 2. The van der Waals surface area contributed by atoms with Gasteiger partial charge in [-0.1, -0.05) is 29.4 Å². The molecular weight excluding hydrogens is 658 g/mol. The lowest BCUT2D eigenvalue weighted by Gasteiger charge is -2.34. The molecule has 1 amide bonds. The lowest BCUT2D eigenvalue weighted by Crippen LogP contribution is -2.48. The molecule has 256 valence electrons. The highest BCUT2D eigenvalue weighted by molar-refractivity contribution is 5.99. The van der Waals surface area contributed by atoms with Gasteiger partial charge in [0.1, 0.15) is 28.7 Å². The molecule has 1 aliphatic heterocycles. The Bertz CT molecular complexity index is 2120. The lowest BCUT2D eigenvalue weighted by atomic mass is 10.2. The van der Waals surface area contributed by atoms with Crippen LogP contribution >= 0.6 is 0 Å². The van der Waals surface area contributed by atoms with Gasteiger partial charge >= 0.3 is 6.18 Å². The number of fused-ring (bicyclic) bond motifs is 1. The molecule has 0 atom stereocenters. The van der Waals surface area contributed by atoms with Crippen LogP contribution in [0, 0.1) is 5.82 Å². The van der Waals surface area contributed by atoms with Crippen molar-refractivity contribution in [2.45, 2.75) is 12.7 Å². The van der Waals surface area contributed by atoms with E-state index < -0.39 is 18.6 Å². The van der Waals surface area contributed by atoms with Crippen molar-refractivity contribution in [1.82, 2.24) is 34.5 Å². The van der Waals surface area contributed by atoms with Gasteiger partial charge in [0.2, 0.25) is 11.7 Å². The third kappa shape index (κ3) is 7.42. The van der Waals surface area contributed by atoms with Crippen LogP contribution in [-0.2, 0) is 13.6 Å². The second kappa shape index (κ2) is 13.6. The van der Waals surface area contributed by atoms with E-state index in [-0.39, 0.29) is 29.3 Å². The zero-order valence-electron chi connectivity index (χ0n) is 26.6. The molecule has 7 rings (SSSR count). The average molecular weight is 688 g/mol. The van der Waals surface area contributed by atoms with Gasteiger partial charge in [-0.15, -0.1) is 0 Å². The van der Waals surface area contributed by atoms with E-state index >= 15 is 0 Å². The molecule has 1 saturated heterocycles. The maximum Gasteiger partial charge on any atom is 0.422 e. The predicted octanol–water partition coefficient (Wildman–Crippen LogP) is 6.52. The highest BCUT2D eigenvalue weighted by Crippen LogP contribution is 2.29. The first kappa shape index (κ1) is 32.7. The van der Waals surface area contributed by atoms with E-state index in [9.17, 15) is 22.4 Å². The molecule has 50 heavy (non-hydrogen) atoms. The molecule has 1 fully saturated rings. The molecule has 4 heterocycles. The van der Waals surface area contributed by atoms with E-state index in [4.69, 9.17) is 14.0 Å². The smallest absolute Gasteiger partial charge is 0.422 e. The first-order valence-electron chi connectivity index (χ1n) is 15.6. The van der Waals surface area contributed by atoms with Crippen molar-refractivity contribution in [3.05, 3.63) is 102 Å². The largest absolute Gasteiger partial charge is 0.484 e. The first-order valence-corrected chi connectivity index (χ1v) is 15.6. The van der Waals surface area contributed by atoms with Crippen LogP contribution in [-0.4, -0.2) is 79.3 Å². The van der Waals surface area contributed by atoms with Crippen LogP contribution in [0.1, 0.15) is 16.1 Å². The van der Waals surface area contributed by atoms with Crippen molar-refractivity contribution in [3.63, 3.8) is 0 Å². The molecule has 0 unspecified atom stereocenters. The number of alkyl halides is 3. The SMILES string of the molecule is Cn1c(C(=O)N2CCN(Cc3ccc(OCC(F)(F)F)cc3)CC2)cc2ccc(Oc3cnc(-c4nc(-c5cccc(F)c5)no4)cn3)cc21. The third-order valence-electron chi connectivity index (χ3n) is 8.21. The molecule has 1 aliphatic rings. The Hall–Kier alpha value is -5.83. The van der Waals surface area contributed by atoms with E-state index in [1.807, 2.05) is 34.7 Å². The average Bonchev–Trinajstić information content (AvgIpc) is 3.73. The molecule has 3 aromatic carbocycles. The van der Waals surface area contributed by atoms with Crippen LogP contribution in [0.3, 0.4) is 0 Å². The summed E-state index contributed by atoms with van der Waals surface area (Å²) in [5, 5.41) is 4.77. The number of rotatable bonds is 9. The number of hydrogen-bond donors (Lipinski definition) is 0. The molecule has 0 aliphatic carbocycles.